The highest BCUT2D eigenvalue weighted by Crippen LogP contribution is 2.21. The average molecular weight is 332 g/mol. The van der Waals surface area contributed by atoms with Crippen molar-refractivity contribution in [2.45, 2.75) is 19.8 Å². The minimum absolute atomic E-state index is 0.705. The van der Waals surface area contributed by atoms with E-state index >= 15 is 0 Å². The van der Waals surface area contributed by atoms with Crippen molar-refractivity contribution in [3.63, 3.8) is 0 Å². The summed E-state index contributed by atoms with van der Waals surface area (Å²) in [5.41, 5.74) is 3.40. The molecule has 0 atom stereocenters. The highest BCUT2D eigenvalue weighted by Gasteiger charge is 2.09. The molecule has 0 radical (unpaired) electrons. The van der Waals surface area contributed by atoms with Crippen LogP contribution in [0.15, 0.2) is 66.7 Å². The van der Waals surface area contributed by atoms with Gasteiger partial charge in [0.15, 0.2) is 0 Å². The summed E-state index contributed by atoms with van der Waals surface area (Å²) < 4.78 is 0. The summed E-state index contributed by atoms with van der Waals surface area (Å²) in [6.45, 7) is 2.89. The molecule has 4 nitrogen and oxygen atoms in total. The second kappa shape index (κ2) is 8.29. The maximum atomic E-state index is 4.66. The first-order valence-corrected chi connectivity index (χ1v) is 8.64. The van der Waals surface area contributed by atoms with Gasteiger partial charge in [0.25, 0.3) is 0 Å². The molecule has 0 amide bonds. The van der Waals surface area contributed by atoms with Gasteiger partial charge in [0.2, 0.25) is 5.95 Å². The van der Waals surface area contributed by atoms with Crippen LogP contribution in [0, 0.1) is 6.92 Å². The summed E-state index contributed by atoms with van der Waals surface area (Å²) in [5, 5.41) is 3.42. The van der Waals surface area contributed by atoms with Crippen LogP contribution in [0.5, 0.6) is 0 Å². The van der Waals surface area contributed by atoms with Gasteiger partial charge in [-0.25, -0.2) is 4.98 Å². The number of para-hydroxylation sites is 1. The van der Waals surface area contributed by atoms with Gasteiger partial charge in [0.05, 0.1) is 0 Å². The first-order valence-electron chi connectivity index (χ1n) is 8.64. The fraction of sp³-hybridized carbons (Fsp3) is 0.238. The van der Waals surface area contributed by atoms with Gasteiger partial charge in [0.1, 0.15) is 5.82 Å². The van der Waals surface area contributed by atoms with Crippen LogP contribution < -0.4 is 10.2 Å². The number of aromatic nitrogens is 2. The Morgan fingerprint density at radius 3 is 2.32 bits per heavy atom. The quantitative estimate of drug-likeness (QED) is 0.642. The summed E-state index contributed by atoms with van der Waals surface area (Å²) in [6, 6.07) is 22.7. The molecule has 0 aliphatic heterocycles. The number of benzene rings is 2. The van der Waals surface area contributed by atoms with E-state index in [-0.39, 0.29) is 0 Å². The lowest BCUT2D eigenvalue weighted by Gasteiger charge is -2.18. The van der Waals surface area contributed by atoms with Crippen LogP contribution in [0.4, 0.5) is 17.5 Å². The Hall–Kier alpha value is -2.88. The molecule has 0 aliphatic carbocycles. The van der Waals surface area contributed by atoms with Gasteiger partial charge in [-0.2, -0.15) is 4.98 Å². The van der Waals surface area contributed by atoms with E-state index in [1.807, 2.05) is 43.1 Å². The largest absolute Gasteiger partial charge is 0.370 e. The first-order chi connectivity index (χ1) is 12.2. The van der Waals surface area contributed by atoms with Crippen molar-refractivity contribution in [1.82, 2.24) is 9.97 Å². The molecule has 25 heavy (non-hydrogen) atoms. The number of aryl methyl sites for hydroxylation is 2. The first kappa shape index (κ1) is 17.0. The molecule has 0 unspecified atom stereocenters. The summed E-state index contributed by atoms with van der Waals surface area (Å²) in [5.74, 6) is 1.58. The molecule has 1 aromatic heterocycles. The highest BCUT2D eigenvalue weighted by molar-refractivity contribution is 5.57. The van der Waals surface area contributed by atoms with Crippen molar-refractivity contribution >= 4 is 17.5 Å². The van der Waals surface area contributed by atoms with Gasteiger partial charge in [0, 0.05) is 31.0 Å². The Morgan fingerprint density at radius 1 is 0.920 bits per heavy atom. The molecule has 0 fully saturated rings. The number of nitrogens with zero attached hydrogens (tertiary/aromatic N) is 3. The summed E-state index contributed by atoms with van der Waals surface area (Å²) in [4.78, 5) is 11.2. The van der Waals surface area contributed by atoms with Crippen LogP contribution in [0.2, 0.25) is 0 Å². The zero-order valence-electron chi connectivity index (χ0n) is 14.8. The van der Waals surface area contributed by atoms with Gasteiger partial charge in [-0.3, -0.25) is 0 Å². The van der Waals surface area contributed by atoms with Crippen molar-refractivity contribution in [3.05, 3.63) is 78.0 Å². The Balaban J connectivity index is 1.61. The molecule has 3 aromatic rings. The molecule has 2 aromatic carbocycles. The fourth-order valence-corrected chi connectivity index (χ4v) is 2.71. The van der Waals surface area contributed by atoms with Crippen molar-refractivity contribution in [2.75, 3.05) is 23.8 Å². The predicted molar refractivity (Wildman–Crippen MR) is 105 cm³/mol. The molecular formula is C21H24N4. The molecule has 3 rings (SSSR count). The third-order valence-electron chi connectivity index (χ3n) is 4.08. The molecule has 0 bridgehead atoms. The van der Waals surface area contributed by atoms with Crippen molar-refractivity contribution in [2.24, 2.45) is 0 Å². The molecule has 128 valence electrons. The Morgan fingerprint density at radius 2 is 1.60 bits per heavy atom. The smallest absolute Gasteiger partial charge is 0.231 e. The van der Waals surface area contributed by atoms with Gasteiger partial charge in [-0.05, 0) is 37.5 Å². The maximum absolute atomic E-state index is 4.66. The van der Waals surface area contributed by atoms with Gasteiger partial charge in [-0.15, -0.1) is 0 Å². The Bertz CT molecular complexity index is 788. The van der Waals surface area contributed by atoms with E-state index in [0.717, 1.165) is 36.6 Å². The monoisotopic (exact) mass is 332 g/mol. The molecule has 1 N–H and O–H groups in total. The van der Waals surface area contributed by atoms with Crippen LogP contribution in [-0.2, 0) is 6.42 Å². The molecule has 1 heterocycles. The Kier molecular flexibility index (Phi) is 5.62. The van der Waals surface area contributed by atoms with Gasteiger partial charge in [-0.1, -0.05) is 48.5 Å². The van der Waals surface area contributed by atoms with E-state index in [1.165, 1.54) is 5.56 Å². The third-order valence-corrected chi connectivity index (χ3v) is 4.08. The van der Waals surface area contributed by atoms with Gasteiger partial charge >= 0.3 is 0 Å². The SMILES string of the molecule is Cc1cc(NCCCc2ccccc2)nc(N(C)c2ccccc2)n1. The van der Waals surface area contributed by atoms with E-state index in [9.17, 15) is 0 Å². The highest BCUT2D eigenvalue weighted by atomic mass is 15.2. The minimum Gasteiger partial charge on any atom is -0.370 e. The topological polar surface area (TPSA) is 41.1 Å². The lowest BCUT2D eigenvalue weighted by Crippen LogP contribution is -2.15. The normalized spacial score (nSPS) is 10.5. The molecule has 0 saturated heterocycles. The van der Waals surface area contributed by atoms with E-state index in [2.05, 4.69) is 57.7 Å². The van der Waals surface area contributed by atoms with Crippen LogP contribution in [0.1, 0.15) is 17.7 Å². The zero-order valence-corrected chi connectivity index (χ0v) is 14.8. The molecular weight excluding hydrogens is 308 g/mol. The lowest BCUT2D eigenvalue weighted by atomic mass is 10.1. The minimum atomic E-state index is 0.705. The van der Waals surface area contributed by atoms with E-state index < -0.39 is 0 Å². The fourth-order valence-electron chi connectivity index (χ4n) is 2.71. The van der Waals surface area contributed by atoms with E-state index in [0.29, 0.717) is 5.95 Å². The maximum Gasteiger partial charge on any atom is 0.231 e. The van der Waals surface area contributed by atoms with Crippen LogP contribution in [0.3, 0.4) is 0 Å². The standard InChI is InChI=1S/C21H24N4/c1-17-16-20(22-15-9-12-18-10-5-3-6-11-18)24-21(23-17)25(2)19-13-7-4-8-14-19/h3-8,10-11,13-14,16H,9,12,15H2,1-2H3,(H,22,23,24). The number of rotatable bonds is 7. The average Bonchev–Trinajstić information content (AvgIpc) is 2.66. The van der Waals surface area contributed by atoms with Crippen LogP contribution in [-0.4, -0.2) is 23.6 Å². The molecule has 0 saturated carbocycles. The number of nitrogens with one attached hydrogen (secondary N) is 1. The third kappa shape index (κ3) is 4.80. The van der Waals surface area contributed by atoms with E-state index in [1.54, 1.807) is 0 Å². The lowest BCUT2D eigenvalue weighted by molar-refractivity contribution is 0.856. The molecule has 4 heteroatoms. The number of anilines is 3. The summed E-state index contributed by atoms with van der Waals surface area (Å²) in [7, 11) is 1.99. The van der Waals surface area contributed by atoms with Gasteiger partial charge < -0.3 is 10.2 Å². The number of hydrogen-bond acceptors (Lipinski definition) is 4. The molecule has 0 aliphatic rings. The second-order valence-electron chi connectivity index (χ2n) is 6.11. The number of hydrogen-bond donors (Lipinski definition) is 1. The van der Waals surface area contributed by atoms with E-state index in [4.69, 9.17) is 0 Å². The second-order valence-corrected chi connectivity index (χ2v) is 6.11. The van der Waals surface area contributed by atoms with Crippen LogP contribution in [0.25, 0.3) is 0 Å². The van der Waals surface area contributed by atoms with Crippen molar-refractivity contribution in [1.29, 1.82) is 0 Å². The Labute approximate surface area is 149 Å². The van der Waals surface area contributed by atoms with Crippen molar-refractivity contribution in [3.8, 4) is 0 Å². The van der Waals surface area contributed by atoms with Crippen molar-refractivity contribution < 1.29 is 0 Å². The zero-order chi connectivity index (χ0) is 17.5. The summed E-state index contributed by atoms with van der Waals surface area (Å²) >= 11 is 0. The van der Waals surface area contributed by atoms with Crippen LogP contribution >= 0.6 is 0 Å². The summed E-state index contributed by atoms with van der Waals surface area (Å²) in [6.07, 6.45) is 2.13. The predicted octanol–water partition coefficient (Wildman–Crippen LogP) is 4.60. The molecule has 0 spiro atoms.